The molecule has 3 rings (SSSR count). The van der Waals surface area contributed by atoms with Gasteiger partial charge < -0.3 is 5.73 Å². The van der Waals surface area contributed by atoms with Crippen molar-refractivity contribution in [3.63, 3.8) is 0 Å². The second-order valence-electron chi connectivity index (χ2n) is 4.48. The van der Waals surface area contributed by atoms with Crippen LogP contribution in [0.1, 0.15) is 5.56 Å². The maximum atomic E-state index is 11.3. The Balaban J connectivity index is 1.76. The Morgan fingerprint density at radius 3 is 2.94 bits per heavy atom. The van der Waals surface area contributed by atoms with E-state index in [1.807, 2.05) is 6.07 Å². The molecule has 0 spiro atoms. The molecule has 96 valence electrons. The van der Waals surface area contributed by atoms with Crippen LogP contribution in [0.3, 0.4) is 0 Å². The van der Waals surface area contributed by atoms with Gasteiger partial charge in [-0.15, -0.1) is 0 Å². The Kier molecular flexibility index (Phi) is 3.32. The van der Waals surface area contributed by atoms with E-state index in [0.29, 0.717) is 5.13 Å². The summed E-state index contributed by atoms with van der Waals surface area (Å²) in [7, 11) is -0.604. The monoisotopic (exact) mass is 281 g/mol. The summed E-state index contributed by atoms with van der Waals surface area (Å²) in [6, 6.07) is 6.29. The molecule has 0 radical (unpaired) electrons. The molecule has 0 amide bonds. The molecule has 2 aromatic rings. The summed E-state index contributed by atoms with van der Waals surface area (Å²) in [6.45, 7) is 2.77. The van der Waals surface area contributed by atoms with Gasteiger partial charge in [-0.1, -0.05) is 17.4 Å². The molecule has 0 bridgehead atoms. The summed E-state index contributed by atoms with van der Waals surface area (Å²) >= 11 is 1.53. The Hall–Kier alpha value is -0.980. The van der Waals surface area contributed by atoms with Crippen molar-refractivity contribution < 1.29 is 4.21 Å². The molecule has 1 aliphatic rings. The van der Waals surface area contributed by atoms with Crippen molar-refractivity contribution in [1.29, 1.82) is 0 Å². The summed E-state index contributed by atoms with van der Waals surface area (Å²) in [5.41, 5.74) is 7.95. The number of aromatic nitrogens is 1. The molecule has 1 aromatic carbocycles. The first kappa shape index (κ1) is 12.1. The Labute approximate surface area is 112 Å². The van der Waals surface area contributed by atoms with E-state index in [0.717, 1.165) is 41.4 Å². The fraction of sp³-hybridized carbons (Fsp3) is 0.417. The minimum atomic E-state index is -0.604. The van der Waals surface area contributed by atoms with Gasteiger partial charge in [0.2, 0.25) is 0 Å². The van der Waals surface area contributed by atoms with Crippen LogP contribution >= 0.6 is 11.3 Å². The van der Waals surface area contributed by atoms with Crippen LogP contribution in [0, 0.1) is 0 Å². The van der Waals surface area contributed by atoms with Gasteiger partial charge in [-0.2, -0.15) is 0 Å². The molecule has 1 aromatic heterocycles. The van der Waals surface area contributed by atoms with Crippen LogP contribution in [0.2, 0.25) is 0 Å². The lowest BCUT2D eigenvalue weighted by Crippen LogP contribution is -2.37. The molecule has 4 nitrogen and oxygen atoms in total. The molecule has 0 atom stereocenters. The fourth-order valence-corrected chi connectivity index (χ4v) is 4.10. The number of anilines is 1. The van der Waals surface area contributed by atoms with Crippen LogP contribution in [-0.4, -0.2) is 38.7 Å². The zero-order valence-corrected chi connectivity index (χ0v) is 11.6. The van der Waals surface area contributed by atoms with E-state index >= 15 is 0 Å². The van der Waals surface area contributed by atoms with E-state index in [-0.39, 0.29) is 0 Å². The Morgan fingerprint density at radius 1 is 1.39 bits per heavy atom. The first-order chi connectivity index (χ1) is 8.70. The van der Waals surface area contributed by atoms with E-state index in [2.05, 4.69) is 22.0 Å². The Morgan fingerprint density at radius 2 is 2.17 bits per heavy atom. The molecule has 0 saturated carbocycles. The normalized spacial score (nSPS) is 18.4. The number of nitrogen functional groups attached to an aromatic ring is 1. The topological polar surface area (TPSA) is 59.2 Å². The minimum Gasteiger partial charge on any atom is -0.375 e. The molecular weight excluding hydrogens is 266 g/mol. The summed E-state index contributed by atoms with van der Waals surface area (Å²) in [5.74, 6) is 1.60. The molecule has 6 heteroatoms. The van der Waals surface area contributed by atoms with Gasteiger partial charge in [0, 0.05) is 41.9 Å². The van der Waals surface area contributed by atoms with Crippen molar-refractivity contribution in [2.75, 3.05) is 30.3 Å². The number of thiazole rings is 1. The quantitative estimate of drug-likeness (QED) is 0.905. The van der Waals surface area contributed by atoms with Crippen molar-refractivity contribution in [3.8, 4) is 0 Å². The highest BCUT2D eigenvalue weighted by atomic mass is 32.2. The number of hydrogen-bond acceptors (Lipinski definition) is 5. The van der Waals surface area contributed by atoms with Crippen LogP contribution in [0.5, 0.6) is 0 Å². The molecule has 1 saturated heterocycles. The smallest absolute Gasteiger partial charge is 0.181 e. The highest BCUT2D eigenvalue weighted by Gasteiger charge is 2.15. The van der Waals surface area contributed by atoms with Crippen LogP contribution in [-0.2, 0) is 17.3 Å². The van der Waals surface area contributed by atoms with Gasteiger partial charge in [0.25, 0.3) is 0 Å². The highest BCUT2D eigenvalue weighted by Crippen LogP contribution is 2.25. The van der Waals surface area contributed by atoms with Gasteiger partial charge in [-0.05, 0) is 17.7 Å². The van der Waals surface area contributed by atoms with Crippen LogP contribution in [0.4, 0.5) is 5.13 Å². The minimum absolute atomic E-state index is 0.604. The van der Waals surface area contributed by atoms with Gasteiger partial charge in [0.1, 0.15) is 0 Å². The molecule has 18 heavy (non-hydrogen) atoms. The summed E-state index contributed by atoms with van der Waals surface area (Å²) in [5, 5.41) is 0.621. The summed E-state index contributed by atoms with van der Waals surface area (Å²) in [6.07, 6.45) is 0. The van der Waals surface area contributed by atoms with E-state index < -0.39 is 10.8 Å². The van der Waals surface area contributed by atoms with Crippen molar-refractivity contribution in [3.05, 3.63) is 23.8 Å². The van der Waals surface area contributed by atoms with Crippen molar-refractivity contribution >= 4 is 37.5 Å². The maximum absolute atomic E-state index is 11.3. The SMILES string of the molecule is Nc1nc2ccc(CN3CCS(=O)CC3)cc2s1. The number of hydrogen-bond donors (Lipinski definition) is 1. The average molecular weight is 281 g/mol. The molecule has 2 heterocycles. The van der Waals surface area contributed by atoms with E-state index in [4.69, 9.17) is 5.73 Å². The summed E-state index contributed by atoms with van der Waals surface area (Å²) < 4.78 is 12.4. The van der Waals surface area contributed by atoms with Gasteiger partial charge >= 0.3 is 0 Å². The number of fused-ring (bicyclic) bond motifs is 1. The Bertz CT molecular complexity index is 586. The number of rotatable bonds is 2. The van der Waals surface area contributed by atoms with E-state index in [1.54, 1.807) is 0 Å². The fourth-order valence-electron chi connectivity index (χ4n) is 2.18. The van der Waals surface area contributed by atoms with Crippen LogP contribution in [0.25, 0.3) is 10.2 Å². The molecule has 1 aliphatic heterocycles. The molecular formula is C12H15N3OS2. The highest BCUT2D eigenvalue weighted by molar-refractivity contribution is 7.85. The number of nitrogens with zero attached hydrogens (tertiary/aromatic N) is 2. The number of benzene rings is 1. The van der Waals surface area contributed by atoms with Crippen LogP contribution < -0.4 is 5.73 Å². The van der Waals surface area contributed by atoms with Crippen molar-refractivity contribution in [2.45, 2.75) is 6.54 Å². The second kappa shape index (κ2) is 4.95. The van der Waals surface area contributed by atoms with E-state index in [9.17, 15) is 4.21 Å². The molecule has 0 aliphatic carbocycles. The average Bonchev–Trinajstić information content (AvgIpc) is 2.71. The third-order valence-electron chi connectivity index (χ3n) is 3.15. The van der Waals surface area contributed by atoms with Crippen molar-refractivity contribution in [2.24, 2.45) is 0 Å². The predicted molar refractivity (Wildman–Crippen MR) is 77.2 cm³/mol. The molecule has 1 fully saturated rings. The molecule has 0 unspecified atom stereocenters. The maximum Gasteiger partial charge on any atom is 0.181 e. The lowest BCUT2D eigenvalue weighted by molar-refractivity contribution is 0.291. The van der Waals surface area contributed by atoms with Gasteiger partial charge in [0.15, 0.2) is 5.13 Å². The first-order valence-electron chi connectivity index (χ1n) is 5.93. The lowest BCUT2D eigenvalue weighted by atomic mass is 10.2. The third kappa shape index (κ3) is 2.55. The van der Waals surface area contributed by atoms with Gasteiger partial charge in [-0.25, -0.2) is 4.98 Å². The van der Waals surface area contributed by atoms with Gasteiger partial charge in [-0.3, -0.25) is 9.11 Å². The zero-order valence-electron chi connectivity index (χ0n) is 9.96. The molecule has 2 N–H and O–H groups in total. The predicted octanol–water partition coefficient (Wildman–Crippen LogP) is 1.44. The number of nitrogens with two attached hydrogens (primary N) is 1. The lowest BCUT2D eigenvalue weighted by Gasteiger charge is -2.26. The second-order valence-corrected chi connectivity index (χ2v) is 7.24. The third-order valence-corrected chi connectivity index (χ3v) is 5.27. The van der Waals surface area contributed by atoms with Gasteiger partial charge in [0.05, 0.1) is 10.2 Å². The summed E-state index contributed by atoms with van der Waals surface area (Å²) in [4.78, 5) is 6.61. The largest absolute Gasteiger partial charge is 0.375 e. The van der Waals surface area contributed by atoms with Crippen molar-refractivity contribution in [1.82, 2.24) is 9.88 Å². The van der Waals surface area contributed by atoms with Crippen LogP contribution in [0.15, 0.2) is 18.2 Å². The van der Waals surface area contributed by atoms with E-state index in [1.165, 1.54) is 16.9 Å². The first-order valence-corrected chi connectivity index (χ1v) is 8.23. The zero-order chi connectivity index (χ0) is 12.5. The standard InChI is InChI=1S/C12H15N3OS2/c13-12-14-10-2-1-9(7-11(10)17-12)8-15-3-5-18(16)6-4-15/h1-2,7H,3-6,8H2,(H2,13,14).